The van der Waals surface area contributed by atoms with Gasteiger partial charge in [-0.2, -0.15) is 0 Å². The number of carbonyl (C=O) groups is 1. The molecule has 0 saturated carbocycles. The van der Waals surface area contributed by atoms with Gasteiger partial charge in [0.2, 0.25) is 0 Å². The molecule has 98 valence electrons. The predicted molar refractivity (Wildman–Crippen MR) is 81.6 cm³/mol. The minimum absolute atomic E-state index is 0.821. The van der Waals surface area contributed by atoms with E-state index in [-0.39, 0.29) is 0 Å². The van der Waals surface area contributed by atoms with E-state index in [9.17, 15) is 4.79 Å². The zero-order valence-corrected chi connectivity index (χ0v) is 11.4. The molecule has 0 fully saturated rings. The molecule has 0 atom stereocenters. The summed E-state index contributed by atoms with van der Waals surface area (Å²) in [6.45, 7) is 0. The van der Waals surface area contributed by atoms with Gasteiger partial charge in [0.25, 0.3) is 0 Å². The zero-order chi connectivity index (χ0) is 13.5. The summed E-state index contributed by atoms with van der Waals surface area (Å²) >= 11 is 0. The first-order valence-corrected chi connectivity index (χ1v) is 7.24. The van der Waals surface area contributed by atoms with E-state index in [1.54, 1.807) is 0 Å². The largest absolute Gasteiger partial charge is 0.298 e. The maximum Gasteiger partial charge on any atom is 0.150 e. The molecule has 0 N–H and O–H groups in total. The van der Waals surface area contributed by atoms with Gasteiger partial charge >= 0.3 is 0 Å². The monoisotopic (exact) mass is 260 g/mol. The van der Waals surface area contributed by atoms with Crippen LogP contribution in [-0.2, 0) is 30.5 Å². The maximum absolute atomic E-state index is 11.5. The van der Waals surface area contributed by atoms with Crippen molar-refractivity contribution >= 4 is 17.9 Å². The van der Waals surface area contributed by atoms with Crippen LogP contribution in [-0.4, -0.2) is 6.29 Å². The summed E-state index contributed by atoms with van der Waals surface area (Å²) in [5, 5.41) is 0. The van der Waals surface area contributed by atoms with Crippen molar-refractivity contribution in [3.05, 3.63) is 69.8 Å². The van der Waals surface area contributed by atoms with Crippen LogP contribution < -0.4 is 0 Å². The summed E-state index contributed by atoms with van der Waals surface area (Å²) in [6.07, 6.45) is 7.23. The highest BCUT2D eigenvalue weighted by molar-refractivity contribution is 6.14. The second kappa shape index (κ2) is 4.45. The number of rotatable bonds is 1. The lowest BCUT2D eigenvalue weighted by molar-refractivity contribution is -0.103. The fourth-order valence-corrected chi connectivity index (χ4v) is 3.33. The summed E-state index contributed by atoms with van der Waals surface area (Å²) < 4.78 is 0. The highest BCUT2D eigenvalue weighted by Gasteiger charge is 2.15. The van der Waals surface area contributed by atoms with Crippen LogP contribution in [0.4, 0.5) is 0 Å². The van der Waals surface area contributed by atoms with Crippen molar-refractivity contribution < 1.29 is 4.79 Å². The minimum Gasteiger partial charge on any atom is -0.298 e. The van der Waals surface area contributed by atoms with Crippen molar-refractivity contribution in [3.63, 3.8) is 0 Å². The summed E-state index contributed by atoms with van der Waals surface area (Å²) in [5.41, 5.74) is 8.51. The van der Waals surface area contributed by atoms with E-state index in [4.69, 9.17) is 0 Å². The number of allylic oxidation sites excluding steroid dienone is 1. The van der Waals surface area contributed by atoms with Crippen molar-refractivity contribution in [2.75, 3.05) is 0 Å². The molecular formula is C19H16O. The van der Waals surface area contributed by atoms with Crippen LogP contribution in [0.2, 0.25) is 0 Å². The summed E-state index contributed by atoms with van der Waals surface area (Å²) in [4.78, 5) is 11.5. The average Bonchev–Trinajstić information content (AvgIpc) is 2.46. The van der Waals surface area contributed by atoms with Crippen molar-refractivity contribution in [2.45, 2.75) is 25.7 Å². The molecular weight excluding hydrogens is 244 g/mol. The fraction of sp³-hybridized carbons (Fsp3) is 0.211. The second-order valence-electron chi connectivity index (χ2n) is 5.74. The van der Waals surface area contributed by atoms with E-state index in [2.05, 4.69) is 42.5 Å². The van der Waals surface area contributed by atoms with Crippen molar-refractivity contribution in [2.24, 2.45) is 0 Å². The van der Waals surface area contributed by atoms with Gasteiger partial charge in [0.1, 0.15) is 0 Å². The van der Waals surface area contributed by atoms with Gasteiger partial charge < -0.3 is 0 Å². The molecule has 4 bridgehead atoms. The number of benzene rings is 2. The van der Waals surface area contributed by atoms with Crippen LogP contribution in [0.1, 0.15) is 33.4 Å². The molecule has 0 amide bonds. The third-order valence-corrected chi connectivity index (χ3v) is 4.50. The van der Waals surface area contributed by atoms with Crippen LogP contribution in [0.25, 0.3) is 11.6 Å². The predicted octanol–water partition coefficient (Wildman–Crippen LogP) is 3.62. The lowest BCUT2D eigenvalue weighted by Crippen LogP contribution is -2.06. The Bertz CT molecular complexity index is 737. The van der Waals surface area contributed by atoms with Crippen LogP contribution in [0.15, 0.2) is 36.4 Å². The topological polar surface area (TPSA) is 17.1 Å². The average molecular weight is 260 g/mol. The molecule has 0 spiro atoms. The van der Waals surface area contributed by atoms with Crippen molar-refractivity contribution in [3.8, 4) is 0 Å². The highest BCUT2D eigenvalue weighted by atomic mass is 16.1. The molecule has 2 aromatic carbocycles. The molecule has 2 aliphatic rings. The molecule has 4 rings (SSSR count). The smallest absolute Gasteiger partial charge is 0.150 e. The Balaban J connectivity index is 2.08. The molecule has 0 unspecified atom stereocenters. The number of hydrogen-bond donors (Lipinski definition) is 0. The Morgan fingerprint density at radius 3 is 2.30 bits per heavy atom. The van der Waals surface area contributed by atoms with Crippen LogP contribution in [0, 0.1) is 0 Å². The summed E-state index contributed by atoms with van der Waals surface area (Å²) in [5.74, 6) is 0. The Kier molecular flexibility index (Phi) is 2.59. The van der Waals surface area contributed by atoms with E-state index in [0.717, 1.165) is 43.1 Å². The SMILES string of the molecule is O=C/C1=C/c2cc3ccc2CCc2ccc(cc21)CC3. The van der Waals surface area contributed by atoms with Crippen LogP contribution >= 0.6 is 0 Å². The molecule has 0 aromatic heterocycles. The first kappa shape index (κ1) is 11.7. The van der Waals surface area contributed by atoms with E-state index in [1.165, 1.54) is 27.8 Å². The Hall–Kier alpha value is -2.15. The fourth-order valence-electron chi connectivity index (χ4n) is 3.33. The molecule has 0 saturated heterocycles. The number of carbonyl (C=O) groups excluding carboxylic acids is 1. The van der Waals surface area contributed by atoms with Crippen LogP contribution in [0.5, 0.6) is 0 Å². The first-order chi connectivity index (χ1) is 9.83. The second-order valence-corrected chi connectivity index (χ2v) is 5.74. The lowest BCUT2D eigenvalue weighted by Gasteiger charge is -2.19. The van der Waals surface area contributed by atoms with E-state index in [1.807, 2.05) is 0 Å². The van der Waals surface area contributed by atoms with Gasteiger partial charge in [0.05, 0.1) is 0 Å². The Labute approximate surface area is 119 Å². The summed E-state index contributed by atoms with van der Waals surface area (Å²) in [6, 6.07) is 13.4. The quantitative estimate of drug-likeness (QED) is 0.716. The van der Waals surface area contributed by atoms with Gasteiger partial charge in [0.15, 0.2) is 6.29 Å². The number of hydrogen-bond acceptors (Lipinski definition) is 1. The van der Waals surface area contributed by atoms with Gasteiger partial charge in [-0.25, -0.2) is 0 Å². The zero-order valence-electron chi connectivity index (χ0n) is 11.4. The molecule has 0 aliphatic heterocycles. The number of aldehydes is 1. The first-order valence-electron chi connectivity index (χ1n) is 7.24. The molecule has 1 heteroatoms. The minimum atomic E-state index is 0.821. The van der Waals surface area contributed by atoms with Gasteiger partial charge in [0, 0.05) is 5.57 Å². The molecule has 2 aliphatic carbocycles. The van der Waals surface area contributed by atoms with E-state index in [0.29, 0.717) is 0 Å². The normalized spacial score (nSPS) is 18.3. The van der Waals surface area contributed by atoms with E-state index >= 15 is 0 Å². The van der Waals surface area contributed by atoms with Crippen molar-refractivity contribution in [1.82, 2.24) is 0 Å². The summed E-state index contributed by atoms with van der Waals surface area (Å²) in [7, 11) is 0. The third kappa shape index (κ3) is 1.82. The molecule has 2 aromatic rings. The van der Waals surface area contributed by atoms with E-state index < -0.39 is 0 Å². The number of fused-ring (bicyclic) bond motifs is 2. The van der Waals surface area contributed by atoms with Gasteiger partial charge in [-0.15, -0.1) is 0 Å². The standard InChI is InChI=1S/C19H16O/c20-12-18-11-17-9-13-1-2-14-4-6-16(19(18)10-14)8-7-15(17)5-3-13/h3-6,9-12H,1-2,7-8H2/b18-11-. The Morgan fingerprint density at radius 1 is 0.800 bits per heavy atom. The molecule has 1 nitrogen and oxygen atoms in total. The Morgan fingerprint density at radius 2 is 1.50 bits per heavy atom. The van der Waals surface area contributed by atoms with Gasteiger partial charge in [-0.05, 0) is 65.1 Å². The maximum atomic E-state index is 11.5. The van der Waals surface area contributed by atoms with Crippen LogP contribution in [0.3, 0.4) is 0 Å². The van der Waals surface area contributed by atoms with Gasteiger partial charge in [-0.1, -0.05) is 36.4 Å². The number of aryl methyl sites for hydroxylation is 4. The molecule has 0 radical (unpaired) electrons. The van der Waals surface area contributed by atoms with Crippen molar-refractivity contribution in [1.29, 1.82) is 0 Å². The third-order valence-electron chi connectivity index (χ3n) is 4.50. The molecule has 0 heterocycles. The highest BCUT2D eigenvalue weighted by Crippen LogP contribution is 2.30. The lowest BCUT2D eigenvalue weighted by atomic mass is 9.85. The van der Waals surface area contributed by atoms with Gasteiger partial charge in [-0.3, -0.25) is 4.79 Å². The molecule has 20 heavy (non-hydrogen) atoms.